The van der Waals surface area contributed by atoms with Crippen LogP contribution in [-0.2, 0) is 9.53 Å². The van der Waals surface area contributed by atoms with E-state index in [-0.39, 0.29) is 12.1 Å². The molecule has 1 aromatic heterocycles. The Kier molecular flexibility index (Phi) is 3.97. The molecule has 92 valence electrons. The van der Waals surface area contributed by atoms with E-state index in [9.17, 15) is 14.4 Å². The van der Waals surface area contributed by atoms with Crippen molar-refractivity contribution in [3.8, 4) is 0 Å². The Bertz CT molecular complexity index is 507. The van der Waals surface area contributed by atoms with Crippen LogP contribution in [0, 0.1) is 13.8 Å². The van der Waals surface area contributed by atoms with Gasteiger partial charge < -0.3 is 10.1 Å². The Labute approximate surface area is 97.2 Å². The van der Waals surface area contributed by atoms with Crippen molar-refractivity contribution in [1.29, 1.82) is 0 Å². The Balaban J connectivity index is 2.93. The fourth-order valence-corrected chi connectivity index (χ4v) is 1.21. The lowest BCUT2D eigenvalue weighted by Gasteiger charge is -2.06. The first-order chi connectivity index (χ1) is 7.97. The number of aryl methyl sites for hydroxylation is 1. The number of carbonyl (C=O) groups is 2. The summed E-state index contributed by atoms with van der Waals surface area (Å²) in [7, 11) is 1.21. The van der Waals surface area contributed by atoms with E-state index in [2.05, 4.69) is 20.3 Å². The molecule has 0 aliphatic rings. The zero-order valence-corrected chi connectivity index (χ0v) is 9.79. The maximum Gasteiger partial charge on any atom is 0.325 e. The third kappa shape index (κ3) is 2.90. The van der Waals surface area contributed by atoms with E-state index in [0.29, 0.717) is 11.3 Å². The van der Waals surface area contributed by atoms with Crippen molar-refractivity contribution >= 4 is 11.9 Å². The average molecular weight is 239 g/mol. The van der Waals surface area contributed by atoms with Gasteiger partial charge in [-0.15, -0.1) is 0 Å². The summed E-state index contributed by atoms with van der Waals surface area (Å²) in [6.07, 6.45) is 0. The molecule has 7 nitrogen and oxygen atoms in total. The normalized spacial score (nSPS) is 9.82. The van der Waals surface area contributed by atoms with Crippen LogP contribution >= 0.6 is 0 Å². The molecule has 0 atom stereocenters. The van der Waals surface area contributed by atoms with Crippen LogP contribution in [-0.4, -0.2) is 35.7 Å². The topological polar surface area (TPSA) is 101 Å². The first-order valence-corrected chi connectivity index (χ1v) is 4.88. The van der Waals surface area contributed by atoms with Gasteiger partial charge in [0.1, 0.15) is 12.1 Å². The second-order valence-electron chi connectivity index (χ2n) is 3.40. The van der Waals surface area contributed by atoms with Crippen molar-refractivity contribution in [3.63, 3.8) is 0 Å². The summed E-state index contributed by atoms with van der Waals surface area (Å²) in [6.45, 7) is 3.00. The highest BCUT2D eigenvalue weighted by Crippen LogP contribution is 2.04. The molecule has 1 rings (SSSR count). The number of amides is 1. The molecule has 2 N–H and O–H groups in total. The van der Waals surface area contributed by atoms with Crippen molar-refractivity contribution in [2.45, 2.75) is 13.8 Å². The van der Waals surface area contributed by atoms with Crippen molar-refractivity contribution in [1.82, 2.24) is 15.5 Å². The van der Waals surface area contributed by atoms with Gasteiger partial charge in [0.25, 0.3) is 11.5 Å². The SMILES string of the molecule is COC(=O)CNC(=O)c1c(C)c(C)n[nH]c1=O. The van der Waals surface area contributed by atoms with Crippen LogP contribution in [0.1, 0.15) is 21.6 Å². The summed E-state index contributed by atoms with van der Waals surface area (Å²) in [6, 6.07) is 0. The predicted molar refractivity (Wildman–Crippen MR) is 58.7 cm³/mol. The molecule has 1 amide bonds. The number of hydrogen-bond acceptors (Lipinski definition) is 5. The largest absolute Gasteiger partial charge is 0.468 e. The van der Waals surface area contributed by atoms with Gasteiger partial charge in [-0.05, 0) is 19.4 Å². The van der Waals surface area contributed by atoms with Crippen LogP contribution in [0.15, 0.2) is 4.79 Å². The molecule has 0 spiro atoms. The lowest BCUT2D eigenvalue weighted by molar-refractivity contribution is -0.139. The second-order valence-corrected chi connectivity index (χ2v) is 3.40. The third-order valence-corrected chi connectivity index (χ3v) is 2.32. The van der Waals surface area contributed by atoms with Gasteiger partial charge in [-0.3, -0.25) is 14.4 Å². The molecule has 1 heterocycles. The Morgan fingerprint density at radius 3 is 2.65 bits per heavy atom. The lowest BCUT2D eigenvalue weighted by atomic mass is 10.1. The molecular weight excluding hydrogens is 226 g/mol. The summed E-state index contributed by atoms with van der Waals surface area (Å²) in [5.74, 6) is -1.21. The van der Waals surface area contributed by atoms with Crippen LogP contribution in [0.25, 0.3) is 0 Å². The highest BCUT2D eigenvalue weighted by Gasteiger charge is 2.16. The molecule has 0 bridgehead atoms. The van der Waals surface area contributed by atoms with E-state index in [1.807, 2.05) is 0 Å². The molecule has 7 heteroatoms. The number of methoxy groups -OCH3 is 1. The molecule has 0 saturated heterocycles. The van der Waals surface area contributed by atoms with Gasteiger partial charge in [0.2, 0.25) is 0 Å². The van der Waals surface area contributed by atoms with Crippen molar-refractivity contribution in [2.24, 2.45) is 0 Å². The molecule has 0 fully saturated rings. The molecular formula is C10H13N3O4. The number of nitrogens with zero attached hydrogens (tertiary/aromatic N) is 1. The molecule has 0 aromatic carbocycles. The first kappa shape index (κ1) is 12.9. The minimum absolute atomic E-state index is 0.0404. The van der Waals surface area contributed by atoms with Gasteiger partial charge in [0.15, 0.2) is 0 Å². The maximum atomic E-state index is 11.7. The summed E-state index contributed by atoms with van der Waals surface area (Å²) in [4.78, 5) is 34.0. The van der Waals surface area contributed by atoms with Gasteiger partial charge in [0, 0.05) is 0 Å². The molecule has 0 aliphatic carbocycles. The van der Waals surface area contributed by atoms with Crippen molar-refractivity contribution in [3.05, 3.63) is 27.2 Å². The number of H-pyrrole nitrogens is 1. The quantitative estimate of drug-likeness (QED) is 0.678. The van der Waals surface area contributed by atoms with E-state index in [1.54, 1.807) is 13.8 Å². The second kappa shape index (κ2) is 5.24. The van der Waals surface area contributed by atoms with Gasteiger partial charge in [-0.1, -0.05) is 0 Å². The van der Waals surface area contributed by atoms with Crippen molar-refractivity contribution < 1.29 is 14.3 Å². The number of rotatable bonds is 3. The number of ether oxygens (including phenoxy) is 1. The number of aromatic nitrogens is 2. The molecule has 0 saturated carbocycles. The Morgan fingerprint density at radius 1 is 1.41 bits per heavy atom. The van der Waals surface area contributed by atoms with Gasteiger partial charge in [0.05, 0.1) is 12.8 Å². The summed E-state index contributed by atoms with van der Waals surface area (Å²) < 4.78 is 4.37. The van der Waals surface area contributed by atoms with Gasteiger partial charge >= 0.3 is 5.97 Å². The summed E-state index contributed by atoms with van der Waals surface area (Å²) >= 11 is 0. The number of nitrogens with one attached hydrogen (secondary N) is 2. The number of aromatic amines is 1. The van der Waals surface area contributed by atoms with E-state index in [0.717, 1.165) is 0 Å². The van der Waals surface area contributed by atoms with E-state index in [4.69, 9.17) is 0 Å². The fourth-order valence-electron chi connectivity index (χ4n) is 1.21. The Hall–Kier alpha value is -2.18. The van der Waals surface area contributed by atoms with E-state index < -0.39 is 17.4 Å². The van der Waals surface area contributed by atoms with Gasteiger partial charge in [-0.2, -0.15) is 5.10 Å². The molecule has 0 aliphatic heterocycles. The zero-order valence-electron chi connectivity index (χ0n) is 9.79. The highest BCUT2D eigenvalue weighted by molar-refractivity contribution is 5.96. The van der Waals surface area contributed by atoms with Crippen LogP contribution < -0.4 is 10.9 Å². The first-order valence-electron chi connectivity index (χ1n) is 4.88. The summed E-state index contributed by atoms with van der Waals surface area (Å²) in [5, 5.41) is 8.23. The zero-order chi connectivity index (χ0) is 13.0. The predicted octanol–water partition coefficient (Wildman–Crippen LogP) is -0.710. The summed E-state index contributed by atoms with van der Waals surface area (Å²) in [5.41, 5.74) is 0.404. The molecule has 1 aromatic rings. The number of esters is 1. The lowest BCUT2D eigenvalue weighted by Crippen LogP contribution is -2.35. The minimum atomic E-state index is -0.625. The maximum absolute atomic E-state index is 11.7. The van der Waals surface area contributed by atoms with Crippen molar-refractivity contribution in [2.75, 3.05) is 13.7 Å². The van der Waals surface area contributed by atoms with Crippen LogP contribution in [0.5, 0.6) is 0 Å². The number of carbonyl (C=O) groups excluding carboxylic acids is 2. The standard InChI is InChI=1S/C10H13N3O4/c1-5-6(2)12-13-10(16)8(5)9(15)11-4-7(14)17-3/h4H2,1-3H3,(H,11,15)(H,13,16). The minimum Gasteiger partial charge on any atom is -0.468 e. The van der Waals surface area contributed by atoms with Gasteiger partial charge in [-0.25, -0.2) is 5.10 Å². The average Bonchev–Trinajstić information content (AvgIpc) is 2.31. The van der Waals surface area contributed by atoms with E-state index >= 15 is 0 Å². The van der Waals surface area contributed by atoms with Crippen LogP contribution in [0.4, 0.5) is 0 Å². The smallest absolute Gasteiger partial charge is 0.325 e. The monoisotopic (exact) mass is 239 g/mol. The van der Waals surface area contributed by atoms with Crippen LogP contribution in [0.2, 0.25) is 0 Å². The van der Waals surface area contributed by atoms with Crippen LogP contribution in [0.3, 0.4) is 0 Å². The molecule has 17 heavy (non-hydrogen) atoms. The highest BCUT2D eigenvalue weighted by atomic mass is 16.5. The fraction of sp³-hybridized carbons (Fsp3) is 0.400. The Morgan fingerprint density at radius 2 is 2.06 bits per heavy atom. The molecule has 0 unspecified atom stereocenters. The third-order valence-electron chi connectivity index (χ3n) is 2.32. The van der Waals surface area contributed by atoms with E-state index in [1.165, 1.54) is 7.11 Å². The molecule has 0 radical (unpaired) electrons. The number of hydrogen-bond donors (Lipinski definition) is 2.